The lowest BCUT2D eigenvalue weighted by Crippen LogP contribution is -2.35. The Balaban J connectivity index is 2.19. The van der Waals surface area contributed by atoms with Crippen molar-refractivity contribution >= 4 is 29.3 Å². The molecule has 33 heavy (non-hydrogen) atoms. The third-order valence-electron chi connectivity index (χ3n) is 4.31. The number of anilines is 1. The van der Waals surface area contributed by atoms with Crippen LogP contribution >= 0.6 is 23.5 Å². The smallest absolute Gasteiger partial charge is 0.383 e. The van der Waals surface area contributed by atoms with E-state index in [-0.39, 0.29) is 24.6 Å². The van der Waals surface area contributed by atoms with Crippen molar-refractivity contribution in [1.29, 1.82) is 0 Å². The van der Waals surface area contributed by atoms with Gasteiger partial charge >= 0.3 is 29.2 Å². The normalized spacial score (nSPS) is 25.4. The Hall–Kier alpha value is -1.21. The van der Waals surface area contributed by atoms with Gasteiger partial charge in [0.2, 0.25) is 0 Å². The number of hydrogen-bond acceptors (Lipinski definition) is 10. The summed E-state index contributed by atoms with van der Waals surface area (Å²) in [4.78, 5) is 52.1. The van der Waals surface area contributed by atoms with E-state index in [1.807, 2.05) is 19.9 Å². The fraction of sp³-hybridized carbons (Fsp3) is 0.600. The minimum Gasteiger partial charge on any atom is -0.383 e. The van der Waals surface area contributed by atoms with Gasteiger partial charge in [-0.25, -0.2) is 18.5 Å². The second-order valence-electron chi connectivity index (χ2n) is 7.58. The van der Waals surface area contributed by atoms with Gasteiger partial charge in [0.05, 0.1) is 12.2 Å². The van der Waals surface area contributed by atoms with E-state index in [4.69, 9.17) is 24.8 Å². The molecule has 0 aliphatic carbocycles. The van der Waals surface area contributed by atoms with Gasteiger partial charge in [-0.3, -0.25) is 9.09 Å². The molecule has 18 heteroatoms. The molecule has 1 aromatic heterocycles. The van der Waals surface area contributed by atoms with Crippen LogP contribution in [0, 0.1) is 5.92 Å². The Labute approximate surface area is 188 Å². The van der Waals surface area contributed by atoms with Crippen molar-refractivity contribution in [3.63, 3.8) is 0 Å². The van der Waals surface area contributed by atoms with E-state index in [1.165, 1.54) is 16.8 Å². The number of nitrogens with zero attached hydrogens (tertiary/aromatic N) is 2. The maximum Gasteiger partial charge on any atom is 0.490 e. The van der Waals surface area contributed by atoms with Crippen LogP contribution in [0.4, 0.5) is 5.82 Å². The highest BCUT2D eigenvalue weighted by Crippen LogP contribution is 2.66. The van der Waals surface area contributed by atoms with Crippen molar-refractivity contribution in [1.82, 2.24) is 9.55 Å². The first-order valence-electron chi connectivity index (χ1n) is 9.49. The van der Waals surface area contributed by atoms with E-state index in [2.05, 4.69) is 13.6 Å². The van der Waals surface area contributed by atoms with Gasteiger partial charge < -0.3 is 30.0 Å². The number of phosphoric acid groups is 3. The van der Waals surface area contributed by atoms with Crippen LogP contribution in [-0.4, -0.2) is 41.3 Å². The van der Waals surface area contributed by atoms with Crippen molar-refractivity contribution in [2.75, 3.05) is 12.3 Å². The largest absolute Gasteiger partial charge is 0.490 e. The number of hydrogen-bond donors (Lipinski definition) is 5. The molecule has 4 atom stereocenters. The SMILES string of the molecule is CC(C)C=CCC1(COP(=O)(O)OP(=O)(O)OP(=O)(O)O)CCC(n2ccc(N)nc2=O)O1. The molecule has 0 bridgehead atoms. The van der Waals surface area contributed by atoms with Crippen LogP contribution in [0.2, 0.25) is 0 Å². The van der Waals surface area contributed by atoms with Gasteiger partial charge in [0.1, 0.15) is 12.0 Å². The molecule has 4 unspecified atom stereocenters. The van der Waals surface area contributed by atoms with Crippen LogP contribution < -0.4 is 11.4 Å². The van der Waals surface area contributed by atoms with Crippen LogP contribution in [0.5, 0.6) is 0 Å². The zero-order valence-electron chi connectivity index (χ0n) is 17.7. The van der Waals surface area contributed by atoms with Gasteiger partial charge in [-0.1, -0.05) is 26.0 Å². The molecule has 1 fully saturated rings. The number of nitrogen functional groups attached to an aromatic ring is 1. The van der Waals surface area contributed by atoms with Gasteiger partial charge in [0.15, 0.2) is 0 Å². The van der Waals surface area contributed by atoms with E-state index < -0.39 is 47.6 Å². The van der Waals surface area contributed by atoms with E-state index >= 15 is 0 Å². The maximum atomic E-state index is 12.1. The number of aromatic nitrogens is 2. The van der Waals surface area contributed by atoms with Crippen LogP contribution in [0.1, 0.15) is 39.3 Å². The van der Waals surface area contributed by atoms with Gasteiger partial charge in [0, 0.05) is 6.20 Å². The molecule has 0 amide bonds. The molecule has 0 saturated carbocycles. The summed E-state index contributed by atoms with van der Waals surface area (Å²) in [5, 5.41) is 0. The van der Waals surface area contributed by atoms with Gasteiger partial charge in [-0.2, -0.15) is 13.6 Å². The summed E-state index contributed by atoms with van der Waals surface area (Å²) in [5.74, 6) is 0.203. The highest BCUT2D eigenvalue weighted by molar-refractivity contribution is 7.66. The summed E-state index contributed by atoms with van der Waals surface area (Å²) in [7, 11) is -16.5. The second-order valence-corrected chi connectivity index (χ2v) is 12.0. The minimum absolute atomic E-state index is 0.0213. The zero-order chi connectivity index (χ0) is 25.1. The predicted octanol–water partition coefficient (Wildman–Crippen LogP) is 1.82. The first kappa shape index (κ1) is 28.0. The Bertz CT molecular complexity index is 1070. The molecule has 6 N–H and O–H groups in total. The lowest BCUT2D eigenvalue weighted by Gasteiger charge is -2.29. The number of ether oxygens (including phenoxy) is 1. The number of phosphoric ester groups is 1. The van der Waals surface area contributed by atoms with E-state index in [9.17, 15) is 28.3 Å². The molecule has 2 heterocycles. The molecule has 188 valence electrons. The maximum absolute atomic E-state index is 12.1. The van der Waals surface area contributed by atoms with Crippen molar-refractivity contribution in [3.8, 4) is 0 Å². The summed E-state index contributed by atoms with van der Waals surface area (Å²) in [5.41, 5.74) is 3.58. The first-order valence-corrected chi connectivity index (χ1v) is 14.0. The topological polar surface area (TPSA) is 230 Å². The fourth-order valence-electron chi connectivity index (χ4n) is 3.01. The number of rotatable bonds is 11. The second kappa shape index (κ2) is 10.6. The van der Waals surface area contributed by atoms with E-state index in [0.717, 1.165) is 0 Å². The van der Waals surface area contributed by atoms with Crippen molar-refractivity contribution < 1.29 is 51.2 Å². The van der Waals surface area contributed by atoms with Crippen LogP contribution in [0.3, 0.4) is 0 Å². The summed E-state index contributed by atoms with van der Waals surface area (Å²) < 4.78 is 53.8. The predicted molar refractivity (Wildman–Crippen MR) is 113 cm³/mol. The van der Waals surface area contributed by atoms with Gasteiger partial charge in [0.25, 0.3) is 0 Å². The highest BCUT2D eigenvalue weighted by atomic mass is 31.3. The molecule has 0 radical (unpaired) electrons. The summed E-state index contributed by atoms with van der Waals surface area (Å²) in [6.07, 6.45) is 4.89. The monoisotopic (exact) mass is 533 g/mol. The highest BCUT2D eigenvalue weighted by Gasteiger charge is 2.45. The molecule has 1 saturated heterocycles. The van der Waals surface area contributed by atoms with E-state index in [0.29, 0.717) is 6.42 Å². The fourth-order valence-corrected chi connectivity index (χ4v) is 6.10. The zero-order valence-corrected chi connectivity index (χ0v) is 20.3. The van der Waals surface area contributed by atoms with Crippen molar-refractivity contribution in [2.24, 2.45) is 5.92 Å². The van der Waals surface area contributed by atoms with E-state index in [1.54, 1.807) is 6.08 Å². The molecule has 0 aromatic carbocycles. The molecular formula is C15H26N3O12P3. The molecule has 0 spiro atoms. The molecule has 1 aromatic rings. The molecule has 1 aliphatic rings. The lowest BCUT2D eigenvalue weighted by atomic mass is 9.96. The van der Waals surface area contributed by atoms with Gasteiger partial charge in [-0.15, -0.1) is 0 Å². The third-order valence-corrected chi connectivity index (χ3v) is 8.09. The minimum atomic E-state index is -5.65. The Kier molecular flexibility index (Phi) is 9.00. The Morgan fingerprint density at radius 1 is 1.27 bits per heavy atom. The Morgan fingerprint density at radius 2 is 1.94 bits per heavy atom. The molecule has 2 rings (SSSR count). The summed E-state index contributed by atoms with van der Waals surface area (Å²) in [6, 6.07) is 1.40. The molecule has 15 nitrogen and oxygen atoms in total. The quantitative estimate of drug-likeness (QED) is 0.202. The molecular weight excluding hydrogens is 507 g/mol. The third kappa shape index (κ3) is 9.16. The standard InChI is InChI=1S/C15H26N3O12P3/c1-11(2)4-3-7-15(8-5-13(28-15)18-9-6-12(16)17-14(18)19)10-27-32(23,24)30-33(25,26)29-31(20,21)22/h3-4,6,9,11,13H,5,7-8,10H2,1-2H3,(H,23,24)(H,25,26)(H2,16,17,19)(H2,20,21,22). The number of nitrogens with two attached hydrogens (primary N) is 1. The Morgan fingerprint density at radius 3 is 2.52 bits per heavy atom. The lowest BCUT2D eigenvalue weighted by molar-refractivity contribution is -0.0956. The first-order chi connectivity index (χ1) is 15.0. The average molecular weight is 533 g/mol. The van der Waals surface area contributed by atoms with Gasteiger partial charge in [-0.05, 0) is 31.2 Å². The summed E-state index contributed by atoms with van der Waals surface area (Å²) >= 11 is 0. The van der Waals surface area contributed by atoms with Crippen LogP contribution in [0.15, 0.2) is 29.2 Å². The van der Waals surface area contributed by atoms with Crippen molar-refractivity contribution in [3.05, 3.63) is 34.9 Å². The number of allylic oxidation sites excluding steroid dienone is 1. The summed E-state index contributed by atoms with van der Waals surface area (Å²) in [6.45, 7) is 3.22. The molecule has 1 aliphatic heterocycles. The average Bonchev–Trinajstić information content (AvgIpc) is 3.01. The van der Waals surface area contributed by atoms with Crippen LogP contribution in [-0.2, 0) is 31.6 Å². The van der Waals surface area contributed by atoms with Crippen molar-refractivity contribution in [2.45, 2.75) is 44.9 Å². The van der Waals surface area contributed by atoms with Crippen LogP contribution in [0.25, 0.3) is 0 Å².